The van der Waals surface area contributed by atoms with Crippen molar-refractivity contribution < 1.29 is 31.1 Å². The molecular formula is H8MoO4S3. The van der Waals surface area contributed by atoms with E-state index in [4.69, 9.17) is 14.3 Å². The Kier molecular flexibility index (Phi) is 23.6. The van der Waals surface area contributed by atoms with Crippen molar-refractivity contribution in [2.45, 2.75) is 0 Å². The van der Waals surface area contributed by atoms with Crippen LogP contribution in [0.1, 0.15) is 0 Å². The Morgan fingerprint density at radius 2 is 0.875 bits per heavy atom. The summed E-state index contributed by atoms with van der Waals surface area (Å²) >= 11 is -5.52. The average Bonchev–Trinajstić information content (AvgIpc) is 0.722. The minimum absolute atomic E-state index is 0. The molecule has 0 saturated heterocycles. The Hall–Kier alpha value is 1.26. The first kappa shape index (κ1) is 22.8. The molecule has 0 bridgehead atoms. The fraction of sp³-hybridized carbons (Fsp3) is 0. The minimum atomic E-state index is -5.52. The van der Waals surface area contributed by atoms with Crippen LogP contribution in [0.25, 0.3) is 0 Å². The third kappa shape index (κ3) is 180. The predicted molar refractivity (Wildman–Crippen MR) is 37.0 cm³/mol. The van der Waals surface area contributed by atoms with Gasteiger partial charge in [0, 0.05) is 0 Å². The molecule has 0 aromatic carbocycles. The van der Waals surface area contributed by atoms with Crippen LogP contribution in [0, 0.1) is 0 Å². The normalized spacial score (nSPS) is 7.25. The molecule has 0 aromatic heterocycles. The molecule has 0 atom stereocenters. The monoisotopic (exact) mass is 266 g/mol. The van der Waals surface area contributed by atoms with Gasteiger partial charge in [0.2, 0.25) is 0 Å². The summed E-state index contributed by atoms with van der Waals surface area (Å²) in [6.07, 6.45) is 0. The van der Waals surface area contributed by atoms with Crippen molar-refractivity contribution >= 4 is 40.5 Å². The van der Waals surface area contributed by atoms with Crippen molar-refractivity contribution in [1.29, 1.82) is 0 Å². The Labute approximate surface area is 71.3 Å². The molecule has 56 valence electrons. The fourth-order valence-electron chi connectivity index (χ4n) is 0. The van der Waals surface area contributed by atoms with Gasteiger partial charge in [-0.05, 0) is 0 Å². The summed E-state index contributed by atoms with van der Waals surface area (Å²) in [5.74, 6) is 0. The van der Waals surface area contributed by atoms with Gasteiger partial charge in [0.15, 0.2) is 0 Å². The second-order valence-electron chi connectivity index (χ2n) is 0.448. The summed E-state index contributed by atoms with van der Waals surface area (Å²) in [6, 6.07) is 0. The second kappa shape index (κ2) is 8.26. The zero-order valence-electron chi connectivity index (χ0n) is 3.62. The molecule has 0 heterocycles. The van der Waals surface area contributed by atoms with Gasteiger partial charge in [-0.1, -0.05) is 0 Å². The molecule has 0 amide bonds. The maximum absolute atomic E-state index is 8.85. The van der Waals surface area contributed by atoms with E-state index in [0.29, 0.717) is 0 Å². The topological polar surface area (TPSA) is 74.6 Å². The van der Waals surface area contributed by atoms with Crippen molar-refractivity contribution in [3.63, 3.8) is 0 Å². The summed E-state index contributed by atoms with van der Waals surface area (Å²) in [6.45, 7) is 0. The van der Waals surface area contributed by atoms with Crippen molar-refractivity contribution in [1.82, 2.24) is 0 Å². The van der Waals surface area contributed by atoms with E-state index in [1.807, 2.05) is 0 Å². The third-order valence-corrected chi connectivity index (χ3v) is 0. The van der Waals surface area contributed by atoms with Gasteiger partial charge in [-0.3, -0.25) is 0 Å². The standard InChI is InChI=1S/Mo.2H2O.2O.3H2S/h;2*1H2;;;3*1H2/q+2;;;;;;;/p-2. The molecule has 0 rings (SSSR count). The molecule has 0 radical (unpaired) electrons. The van der Waals surface area contributed by atoms with E-state index in [1.165, 1.54) is 0 Å². The van der Waals surface area contributed by atoms with Crippen molar-refractivity contribution in [3.05, 3.63) is 0 Å². The molecular weight excluding hydrogens is 256 g/mol. The van der Waals surface area contributed by atoms with Crippen molar-refractivity contribution in [2.24, 2.45) is 0 Å². The van der Waals surface area contributed by atoms with Crippen LogP contribution in [0.4, 0.5) is 0 Å². The molecule has 0 aliphatic rings. The molecule has 0 aliphatic heterocycles. The van der Waals surface area contributed by atoms with E-state index in [0.717, 1.165) is 0 Å². The van der Waals surface area contributed by atoms with Gasteiger partial charge in [0.25, 0.3) is 0 Å². The summed E-state index contributed by atoms with van der Waals surface area (Å²) < 4.78 is 32.0. The van der Waals surface area contributed by atoms with Gasteiger partial charge in [0.1, 0.15) is 0 Å². The summed E-state index contributed by atoms with van der Waals surface area (Å²) in [5.41, 5.74) is 0. The van der Waals surface area contributed by atoms with Gasteiger partial charge < -0.3 is 0 Å². The molecule has 0 fully saturated rings. The van der Waals surface area contributed by atoms with Crippen LogP contribution in [0.2, 0.25) is 0 Å². The van der Waals surface area contributed by atoms with Crippen LogP contribution >= 0.6 is 40.5 Å². The first-order chi connectivity index (χ1) is 2.00. The molecule has 0 aliphatic carbocycles. The van der Waals surface area contributed by atoms with Gasteiger partial charge in [-0.25, -0.2) is 0 Å². The molecule has 4 nitrogen and oxygen atoms in total. The Morgan fingerprint density at radius 3 is 0.875 bits per heavy atom. The number of hydrogen-bond acceptors (Lipinski definition) is 2. The quantitative estimate of drug-likeness (QED) is 0.549. The molecule has 0 aromatic rings. The van der Waals surface area contributed by atoms with Crippen LogP contribution < -0.4 is 0 Å². The van der Waals surface area contributed by atoms with Crippen molar-refractivity contribution in [2.75, 3.05) is 0 Å². The molecule has 0 spiro atoms. The van der Waals surface area contributed by atoms with Gasteiger partial charge in [-0.2, -0.15) is 40.5 Å². The Bertz CT molecular complexity index is 94.5. The molecule has 8 heavy (non-hydrogen) atoms. The zero-order chi connectivity index (χ0) is 4.50. The SMILES string of the molecule is S.S.S.[O]=[Mo](=[O])([OH])[OH]. The fourth-order valence-corrected chi connectivity index (χ4v) is 0. The van der Waals surface area contributed by atoms with Crippen LogP contribution in [0.15, 0.2) is 0 Å². The van der Waals surface area contributed by atoms with Crippen LogP contribution in [-0.2, 0) is 23.5 Å². The predicted octanol–water partition coefficient (Wildman–Crippen LogP) is -1.02. The Balaban J connectivity index is -0.0000000267. The van der Waals surface area contributed by atoms with Crippen LogP contribution in [0.3, 0.4) is 0 Å². The summed E-state index contributed by atoms with van der Waals surface area (Å²) in [5, 5.41) is 0. The van der Waals surface area contributed by atoms with E-state index in [1.54, 1.807) is 0 Å². The molecule has 8 heteroatoms. The first-order valence-electron chi connectivity index (χ1n) is 0.698. The number of rotatable bonds is 0. The van der Waals surface area contributed by atoms with E-state index >= 15 is 0 Å². The van der Waals surface area contributed by atoms with E-state index in [2.05, 4.69) is 0 Å². The molecule has 2 N–H and O–H groups in total. The second-order valence-corrected chi connectivity index (χ2v) is 2.65. The first-order valence-corrected chi connectivity index (χ1v) is 4.13. The summed E-state index contributed by atoms with van der Waals surface area (Å²) in [7, 11) is 0. The number of hydrogen-bond donors (Lipinski definition) is 2. The van der Waals surface area contributed by atoms with Gasteiger partial charge in [0.05, 0.1) is 0 Å². The zero-order valence-corrected chi connectivity index (χ0v) is 8.63. The van der Waals surface area contributed by atoms with E-state index in [9.17, 15) is 0 Å². The van der Waals surface area contributed by atoms with Crippen LogP contribution in [-0.4, -0.2) is 7.52 Å². The maximum atomic E-state index is 8.85. The van der Waals surface area contributed by atoms with Gasteiger partial charge >= 0.3 is 31.1 Å². The van der Waals surface area contributed by atoms with Gasteiger partial charge in [-0.15, -0.1) is 0 Å². The molecule has 0 unspecified atom stereocenters. The van der Waals surface area contributed by atoms with E-state index in [-0.39, 0.29) is 40.5 Å². The third-order valence-electron chi connectivity index (χ3n) is 0. The van der Waals surface area contributed by atoms with E-state index < -0.39 is 16.7 Å². The van der Waals surface area contributed by atoms with Crippen molar-refractivity contribution in [3.8, 4) is 0 Å². The van der Waals surface area contributed by atoms with Crippen LogP contribution in [0.5, 0.6) is 0 Å². The molecule has 0 saturated carbocycles. The Morgan fingerprint density at radius 1 is 0.875 bits per heavy atom. The summed E-state index contributed by atoms with van der Waals surface area (Å²) in [4.78, 5) is 0. The average molecular weight is 264 g/mol.